The molecule has 92 valence electrons. The Morgan fingerprint density at radius 2 is 2.17 bits per heavy atom. The van der Waals surface area contributed by atoms with E-state index in [9.17, 15) is 4.39 Å². The van der Waals surface area contributed by atoms with Crippen LogP contribution >= 0.6 is 0 Å². The molecule has 3 rings (SSSR count). The Morgan fingerprint density at radius 1 is 1.22 bits per heavy atom. The summed E-state index contributed by atoms with van der Waals surface area (Å²) >= 11 is 0. The van der Waals surface area contributed by atoms with Crippen LogP contribution in [0.3, 0.4) is 0 Å². The molecule has 0 unspecified atom stereocenters. The fraction of sp³-hybridized carbons (Fsp3) is 0.214. The summed E-state index contributed by atoms with van der Waals surface area (Å²) in [6.45, 7) is 1.83. The van der Waals surface area contributed by atoms with Crippen LogP contribution in [0.2, 0.25) is 0 Å². The third-order valence-corrected chi connectivity index (χ3v) is 3.15. The van der Waals surface area contributed by atoms with E-state index in [0.717, 1.165) is 25.2 Å². The van der Waals surface area contributed by atoms with Gasteiger partial charge in [0.15, 0.2) is 11.6 Å². The molecular formula is C14H14FN3. The molecule has 0 fully saturated rings. The molecule has 18 heavy (non-hydrogen) atoms. The van der Waals surface area contributed by atoms with Crippen molar-refractivity contribution in [2.24, 2.45) is 0 Å². The van der Waals surface area contributed by atoms with Crippen LogP contribution in [0.15, 0.2) is 36.5 Å². The average molecular weight is 243 g/mol. The van der Waals surface area contributed by atoms with E-state index >= 15 is 0 Å². The number of pyridine rings is 1. The lowest BCUT2D eigenvalue weighted by Gasteiger charge is -2.20. The van der Waals surface area contributed by atoms with E-state index in [2.05, 4.69) is 21.7 Å². The van der Waals surface area contributed by atoms with Crippen LogP contribution < -0.4 is 10.6 Å². The van der Waals surface area contributed by atoms with Crippen molar-refractivity contribution in [1.29, 1.82) is 0 Å². The Bertz CT molecular complexity index is 569. The summed E-state index contributed by atoms with van der Waals surface area (Å²) in [4.78, 5) is 4.02. The second kappa shape index (κ2) is 4.74. The van der Waals surface area contributed by atoms with Crippen LogP contribution in [-0.2, 0) is 13.0 Å². The Hall–Kier alpha value is -1.94. The number of hydrogen-bond donors (Lipinski definition) is 2. The zero-order valence-corrected chi connectivity index (χ0v) is 9.91. The van der Waals surface area contributed by atoms with E-state index in [-0.39, 0.29) is 11.6 Å². The molecule has 0 aliphatic carbocycles. The highest BCUT2D eigenvalue weighted by atomic mass is 19.1. The van der Waals surface area contributed by atoms with Gasteiger partial charge in [0, 0.05) is 18.4 Å². The van der Waals surface area contributed by atoms with Gasteiger partial charge in [-0.15, -0.1) is 0 Å². The molecule has 1 aromatic heterocycles. The number of benzene rings is 1. The summed E-state index contributed by atoms with van der Waals surface area (Å²) in [6, 6.07) is 9.05. The van der Waals surface area contributed by atoms with Crippen LogP contribution in [0, 0.1) is 5.82 Å². The van der Waals surface area contributed by atoms with Crippen molar-refractivity contribution < 1.29 is 4.39 Å². The summed E-state index contributed by atoms with van der Waals surface area (Å²) < 4.78 is 13.6. The van der Waals surface area contributed by atoms with Crippen molar-refractivity contribution in [1.82, 2.24) is 10.3 Å². The Kier molecular flexibility index (Phi) is 2.94. The van der Waals surface area contributed by atoms with Crippen LogP contribution in [0.1, 0.15) is 11.1 Å². The molecule has 4 heteroatoms. The van der Waals surface area contributed by atoms with Gasteiger partial charge in [-0.3, -0.25) is 0 Å². The number of hydrogen-bond acceptors (Lipinski definition) is 3. The van der Waals surface area contributed by atoms with Gasteiger partial charge >= 0.3 is 0 Å². The highest BCUT2D eigenvalue weighted by molar-refractivity contribution is 5.63. The van der Waals surface area contributed by atoms with E-state index in [1.54, 1.807) is 12.3 Å². The number of rotatable bonds is 2. The number of fused-ring (bicyclic) bond motifs is 1. The first-order valence-electron chi connectivity index (χ1n) is 6.03. The predicted molar refractivity (Wildman–Crippen MR) is 69.3 cm³/mol. The van der Waals surface area contributed by atoms with Crippen LogP contribution in [0.5, 0.6) is 0 Å². The van der Waals surface area contributed by atoms with E-state index in [0.29, 0.717) is 0 Å². The molecule has 0 radical (unpaired) electrons. The molecule has 0 saturated heterocycles. The molecule has 1 aliphatic rings. The Labute approximate surface area is 105 Å². The fourth-order valence-corrected chi connectivity index (χ4v) is 2.25. The van der Waals surface area contributed by atoms with E-state index in [4.69, 9.17) is 0 Å². The van der Waals surface area contributed by atoms with Gasteiger partial charge in [-0.25, -0.2) is 9.37 Å². The monoisotopic (exact) mass is 243 g/mol. The molecule has 0 saturated carbocycles. The third kappa shape index (κ3) is 2.07. The highest BCUT2D eigenvalue weighted by Crippen LogP contribution is 2.26. The minimum atomic E-state index is -0.330. The van der Waals surface area contributed by atoms with Crippen LogP contribution in [-0.4, -0.2) is 11.5 Å². The first-order chi connectivity index (χ1) is 8.84. The number of nitrogens with one attached hydrogen (secondary N) is 2. The summed E-state index contributed by atoms with van der Waals surface area (Å²) in [5, 5.41) is 6.41. The largest absolute Gasteiger partial charge is 0.338 e. The molecule has 0 amide bonds. The maximum atomic E-state index is 13.6. The maximum Gasteiger partial charge on any atom is 0.166 e. The summed E-state index contributed by atoms with van der Waals surface area (Å²) in [5.41, 5.74) is 3.47. The molecule has 2 aromatic rings. The Balaban J connectivity index is 1.96. The van der Waals surface area contributed by atoms with Gasteiger partial charge in [0.2, 0.25) is 0 Å². The lowest BCUT2D eigenvalue weighted by Crippen LogP contribution is -2.24. The summed E-state index contributed by atoms with van der Waals surface area (Å²) in [7, 11) is 0. The first kappa shape index (κ1) is 11.2. The van der Waals surface area contributed by atoms with Crippen molar-refractivity contribution in [2.75, 3.05) is 11.9 Å². The van der Waals surface area contributed by atoms with Crippen LogP contribution in [0.4, 0.5) is 15.9 Å². The number of aromatic nitrogens is 1. The predicted octanol–water partition coefficient (Wildman–Crippen LogP) is 2.61. The van der Waals surface area contributed by atoms with Gasteiger partial charge in [0.1, 0.15) is 0 Å². The molecular weight excluding hydrogens is 229 g/mol. The smallest absolute Gasteiger partial charge is 0.166 e. The Morgan fingerprint density at radius 3 is 3.06 bits per heavy atom. The van der Waals surface area contributed by atoms with Gasteiger partial charge in [-0.05, 0) is 42.3 Å². The molecule has 2 N–H and O–H groups in total. The van der Waals surface area contributed by atoms with Gasteiger partial charge in [-0.2, -0.15) is 0 Å². The molecule has 2 heterocycles. The fourth-order valence-electron chi connectivity index (χ4n) is 2.25. The van der Waals surface area contributed by atoms with Gasteiger partial charge in [0.05, 0.1) is 0 Å². The second-order valence-corrected chi connectivity index (χ2v) is 4.33. The van der Waals surface area contributed by atoms with Crippen molar-refractivity contribution in [3.8, 4) is 0 Å². The lowest BCUT2D eigenvalue weighted by atomic mass is 9.99. The van der Waals surface area contributed by atoms with Crippen LogP contribution in [0.25, 0.3) is 0 Å². The maximum absolute atomic E-state index is 13.6. The highest BCUT2D eigenvalue weighted by Gasteiger charge is 2.13. The molecule has 3 nitrogen and oxygen atoms in total. The minimum absolute atomic E-state index is 0.282. The number of halogens is 1. The van der Waals surface area contributed by atoms with E-state index in [1.807, 2.05) is 12.1 Å². The standard InChI is InChI=1S/C14H14FN3/c15-12-4-2-7-17-14(12)18-13-5-1-3-10-9-16-8-6-11(10)13/h1-5,7,16H,6,8-9H2,(H,17,18). The van der Waals surface area contributed by atoms with Gasteiger partial charge in [0.25, 0.3) is 0 Å². The minimum Gasteiger partial charge on any atom is -0.338 e. The first-order valence-corrected chi connectivity index (χ1v) is 6.03. The third-order valence-electron chi connectivity index (χ3n) is 3.15. The van der Waals surface area contributed by atoms with Crippen molar-refractivity contribution >= 4 is 11.5 Å². The topological polar surface area (TPSA) is 37.0 Å². The van der Waals surface area contributed by atoms with Gasteiger partial charge in [-0.1, -0.05) is 12.1 Å². The second-order valence-electron chi connectivity index (χ2n) is 4.33. The van der Waals surface area contributed by atoms with Crippen molar-refractivity contribution in [2.45, 2.75) is 13.0 Å². The normalized spacial score (nSPS) is 14.1. The molecule has 0 bridgehead atoms. The quantitative estimate of drug-likeness (QED) is 0.851. The van der Waals surface area contributed by atoms with Crippen molar-refractivity contribution in [3.05, 3.63) is 53.5 Å². The summed E-state index contributed by atoms with van der Waals surface area (Å²) in [6.07, 6.45) is 2.54. The van der Waals surface area contributed by atoms with Crippen molar-refractivity contribution in [3.63, 3.8) is 0 Å². The van der Waals surface area contributed by atoms with Gasteiger partial charge < -0.3 is 10.6 Å². The summed E-state index contributed by atoms with van der Waals surface area (Å²) in [5.74, 6) is -0.0477. The SMILES string of the molecule is Fc1cccnc1Nc1cccc2c1CCNC2. The average Bonchev–Trinajstić information content (AvgIpc) is 2.42. The van der Waals surface area contributed by atoms with E-state index < -0.39 is 0 Å². The number of anilines is 2. The van der Waals surface area contributed by atoms with E-state index in [1.165, 1.54) is 17.2 Å². The molecule has 1 aromatic carbocycles. The zero-order chi connectivity index (χ0) is 12.4. The lowest BCUT2D eigenvalue weighted by molar-refractivity contribution is 0.625. The molecule has 1 aliphatic heterocycles. The molecule has 0 spiro atoms. The number of nitrogens with zero attached hydrogens (tertiary/aromatic N) is 1. The zero-order valence-electron chi connectivity index (χ0n) is 9.91. The molecule has 0 atom stereocenters.